The first-order valence-corrected chi connectivity index (χ1v) is 5.00. The maximum absolute atomic E-state index is 3.33. The Labute approximate surface area is 77.3 Å². The number of hydrogen-bond donors (Lipinski definition) is 1. The molecule has 0 aliphatic heterocycles. The molecular weight excluding hydrogens is 148 g/mol. The number of nitrogens with one attached hydrogen (secondary N) is 1. The smallest absolute Gasteiger partial charge is 0.0107 e. The molecule has 0 aliphatic carbocycles. The van der Waals surface area contributed by atoms with E-state index in [4.69, 9.17) is 0 Å². The van der Waals surface area contributed by atoms with Gasteiger partial charge in [0.2, 0.25) is 0 Å². The van der Waals surface area contributed by atoms with Crippen molar-refractivity contribution in [1.29, 1.82) is 0 Å². The molecule has 0 bridgehead atoms. The van der Waals surface area contributed by atoms with Gasteiger partial charge in [0.1, 0.15) is 0 Å². The molecule has 0 rings (SSSR count). The van der Waals surface area contributed by atoms with Gasteiger partial charge in [-0.05, 0) is 26.4 Å². The Hall–Kier alpha value is -0.0800. The molecule has 0 fully saturated rings. The highest BCUT2D eigenvalue weighted by molar-refractivity contribution is 4.67. The topological polar surface area (TPSA) is 15.3 Å². The Morgan fingerprint density at radius 1 is 1.25 bits per heavy atom. The van der Waals surface area contributed by atoms with E-state index in [2.05, 4.69) is 45.0 Å². The molecule has 0 amide bonds. The van der Waals surface area contributed by atoms with E-state index in [1.54, 1.807) is 0 Å². The van der Waals surface area contributed by atoms with Gasteiger partial charge >= 0.3 is 0 Å². The van der Waals surface area contributed by atoms with E-state index in [0.717, 1.165) is 25.6 Å². The third-order valence-electron chi connectivity index (χ3n) is 2.55. The fourth-order valence-corrected chi connectivity index (χ4v) is 1.14. The second kappa shape index (κ2) is 6.44. The van der Waals surface area contributed by atoms with E-state index in [1.165, 1.54) is 0 Å². The SMILES string of the molecule is CCNCCN(C)C(C)C(C)C. The van der Waals surface area contributed by atoms with Gasteiger partial charge in [-0.1, -0.05) is 20.8 Å². The Morgan fingerprint density at radius 2 is 1.83 bits per heavy atom. The summed E-state index contributed by atoms with van der Waals surface area (Å²) in [6.07, 6.45) is 0. The Bertz CT molecular complexity index is 102. The summed E-state index contributed by atoms with van der Waals surface area (Å²) < 4.78 is 0. The molecule has 1 N–H and O–H groups in total. The minimum Gasteiger partial charge on any atom is -0.316 e. The average Bonchev–Trinajstić information content (AvgIpc) is 2.03. The van der Waals surface area contributed by atoms with Gasteiger partial charge in [0.15, 0.2) is 0 Å². The van der Waals surface area contributed by atoms with Gasteiger partial charge < -0.3 is 10.2 Å². The van der Waals surface area contributed by atoms with Crippen molar-refractivity contribution in [1.82, 2.24) is 10.2 Å². The number of likely N-dealkylation sites (N-methyl/N-ethyl adjacent to an activating group) is 2. The van der Waals surface area contributed by atoms with Crippen LogP contribution in [0, 0.1) is 5.92 Å². The number of rotatable bonds is 6. The molecule has 74 valence electrons. The molecule has 2 nitrogen and oxygen atoms in total. The van der Waals surface area contributed by atoms with Crippen LogP contribution < -0.4 is 5.32 Å². The van der Waals surface area contributed by atoms with Crippen LogP contribution in [0.5, 0.6) is 0 Å². The molecule has 0 saturated heterocycles. The summed E-state index contributed by atoms with van der Waals surface area (Å²) in [5.74, 6) is 0.747. The van der Waals surface area contributed by atoms with Gasteiger partial charge in [-0.3, -0.25) is 0 Å². The molecule has 0 aromatic rings. The van der Waals surface area contributed by atoms with E-state index >= 15 is 0 Å². The predicted molar refractivity (Wildman–Crippen MR) is 55.5 cm³/mol. The molecule has 0 aromatic heterocycles. The van der Waals surface area contributed by atoms with Crippen LogP contribution in [0.4, 0.5) is 0 Å². The lowest BCUT2D eigenvalue weighted by atomic mass is 10.1. The first-order valence-electron chi connectivity index (χ1n) is 5.00. The third kappa shape index (κ3) is 4.73. The summed E-state index contributed by atoms with van der Waals surface area (Å²) >= 11 is 0. The average molecular weight is 172 g/mol. The number of hydrogen-bond acceptors (Lipinski definition) is 2. The molecule has 12 heavy (non-hydrogen) atoms. The van der Waals surface area contributed by atoms with Crippen molar-refractivity contribution in [3.8, 4) is 0 Å². The molecule has 0 aromatic carbocycles. The van der Waals surface area contributed by atoms with Crippen molar-refractivity contribution >= 4 is 0 Å². The van der Waals surface area contributed by atoms with Crippen molar-refractivity contribution in [2.45, 2.75) is 33.7 Å². The molecule has 0 heterocycles. The van der Waals surface area contributed by atoms with Gasteiger partial charge in [-0.2, -0.15) is 0 Å². The summed E-state index contributed by atoms with van der Waals surface area (Å²) in [6.45, 7) is 12.3. The predicted octanol–water partition coefficient (Wildman–Crippen LogP) is 1.57. The van der Waals surface area contributed by atoms with Crippen LogP contribution in [-0.2, 0) is 0 Å². The maximum Gasteiger partial charge on any atom is 0.0107 e. The molecule has 0 saturated carbocycles. The largest absolute Gasteiger partial charge is 0.316 e. The van der Waals surface area contributed by atoms with Crippen LogP contribution >= 0.6 is 0 Å². The second-order valence-electron chi connectivity index (χ2n) is 3.82. The van der Waals surface area contributed by atoms with E-state index < -0.39 is 0 Å². The van der Waals surface area contributed by atoms with Crippen LogP contribution in [0.1, 0.15) is 27.7 Å². The van der Waals surface area contributed by atoms with Gasteiger partial charge in [-0.15, -0.1) is 0 Å². The van der Waals surface area contributed by atoms with Gasteiger partial charge in [0.25, 0.3) is 0 Å². The van der Waals surface area contributed by atoms with E-state index in [1.807, 2.05) is 0 Å². The normalized spacial score (nSPS) is 14.2. The van der Waals surface area contributed by atoms with Crippen molar-refractivity contribution in [2.24, 2.45) is 5.92 Å². The fraction of sp³-hybridized carbons (Fsp3) is 1.00. The molecule has 0 spiro atoms. The standard InChI is InChI=1S/C10H24N2/c1-6-11-7-8-12(5)10(4)9(2)3/h9-11H,6-8H2,1-5H3. The first-order chi connectivity index (χ1) is 5.59. The fourth-order valence-electron chi connectivity index (χ4n) is 1.14. The van der Waals surface area contributed by atoms with Crippen molar-refractivity contribution in [3.05, 3.63) is 0 Å². The van der Waals surface area contributed by atoms with Crippen molar-refractivity contribution < 1.29 is 0 Å². The monoisotopic (exact) mass is 172 g/mol. The van der Waals surface area contributed by atoms with Crippen molar-refractivity contribution in [3.63, 3.8) is 0 Å². The highest BCUT2D eigenvalue weighted by Crippen LogP contribution is 2.06. The zero-order chi connectivity index (χ0) is 9.56. The highest BCUT2D eigenvalue weighted by atomic mass is 15.1. The summed E-state index contributed by atoms with van der Waals surface area (Å²) in [5.41, 5.74) is 0. The summed E-state index contributed by atoms with van der Waals surface area (Å²) in [5, 5.41) is 3.33. The van der Waals surface area contributed by atoms with E-state index in [9.17, 15) is 0 Å². The lowest BCUT2D eigenvalue weighted by Gasteiger charge is -2.27. The van der Waals surface area contributed by atoms with E-state index in [0.29, 0.717) is 6.04 Å². The molecular formula is C10H24N2. The second-order valence-corrected chi connectivity index (χ2v) is 3.82. The molecule has 2 heteroatoms. The molecule has 0 aliphatic rings. The molecule has 1 atom stereocenters. The summed E-state index contributed by atoms with van der Waals surface area (Å²) in [7, 11) is 2.20. The Balaban J connectivity index is 3.49. The summed E-state index contributed by atoms with van der Waals surface area (Å²) in [6, 6.07) is 0.684. The van der Waals surface area contributed by atoms with Crippen LogP contribution in [0.2, 0.25) is 0 Å². The lowest BCUT2D eigenvalue weighted by Crippen LogP contribution is -2.38. The van der Waals surface area contributed by atoms with Crippen LogP contribution in [0.15, 0.2) is 0 Å². The lowest BCUT2D eigenvalue weighted by molar-refractivity contribution is 0.209. The Kier molecular flexibility index (Phi) is 6.39. The quantitative estimate of drug-likeness (QED) is 0.612. The summed E-state index contributed by atoms with van der Waals surface area (Å²) in [4.78, 5) is 2.41. The first kappa shape index (κ1) is 11.9. The number of nitrogens with zero attached hydrogens (tertiary/aromatic N) is 1. The maximum atomic E-state index is 3.33. The van der Waals surface area contributed by atoms with Gasteiger partial charge in [-0.25, -0.2) is 0 Å². The molecule has 1 unspecified atom stereocenters. The van der Waals surface area contributed by atoms with E-state index in [-0.39, 0.29) is 0 Å². The minimum atomic E-state index is 0.684. The minimum absolute atomic E-state index is 0.684. The third-order valence-corrected chi connectivity index (χ3v) is 2.55. The van der Waals surface area contributed by atoms with Crippen LogP contribution in [0.3, 0.4) is 0 Å². The zero-order valence-corrected chi connectivity index (χ0v) is 9.22. The molecule has 0 radical (unpaired) electrons. The van der Waals surface area contributed by atoms with Crippen LogP contribution in [-0.4, -0.2) is 37.6 Å². The highest BCUT2D eigenvalue weighted by Gasteiger charge is 2.11. The van der Waals surface area contributed by atoms with Crippen molar-refractivity contribution in [2.75, 3.05) is 26.7 Å². The van der Waals surface area contributed by atoms with Gasteiger partial charge in [0.05, 0.1) is 0 Å². The van der Waals surface area contributed by atoms with Gasteiger partial charge in [0, 0.05) is 19.1 Å². The van der Waals surface area contributed by atoms with Crippen LogP contribution in [0.25, 0.3) is 0 Å². The zero-order valence-electron chi connectivity index (χ0n) is 9.22. The Morgan fingerprint density at radius 3 is 2.25 bits per heavy atom.